The minimum Gasteiger partial charge on any atom is -0.497 e. The van der Waals surface area contributed by atoms with Crippen molar-refractivity contribution >= 4 is 17.8 Å². The molecule has 1 fully saturated rings. The predicted octanol–water partition coefficient (Wildman–Crippen LogP) is 0.985. The second kappa shape index (κ2) is 8.55. The summed E-state index contributed by atoms with van der Waals surface area (Å²) in [6, 6.07) is 5.15. The maximum absolute atomic E-state index is 12.8. The number of carbonyl (C=O) groups is 3. The fourth-order valence-corrected chi connectivity index (χ4v) is 2.96. The molecular weight excluding hydrogens is 340 g/mol. The van der Waals surface area contributed by atoms with Gasteiger partial charge in [-0.1, -0.05) is 0 Å². The smallest absolute Gasteiger partial charge is 0.323 e. The van der Waals surface area contributed by atoms with Crippen LogP contribution in [0.1, 0.15) is 18.4 Å². The van der Waals surface area contributed by atoms with E-state index in [0.29, 0.717) is 30.0 Å². The zero-order chi connectivity index (χ0) is 19.3. The molecule has 0 radical (unpaired) electrons. The highest BCUT2D eigenvalue weighted by Gasteiger charge is 2.32. The maximum Gasteiger partial charge on any atom is 0.323 e. The summed E-state index contributed by atoms with van der Waals surface area (Å²) in [6.07, 6.45) is 0.630. The first-order chi connectivity index (χ1) is 12.3. The lowest BCUT2D eigenvalue weighted by Crippen LogP contribution is -2.45. The lowest BCUT2D eigenvalue weighted by atomic mass is 9.94. The van der Waals surface area contributed by atoms with E-state index in [0.717, 1.165) is 0 Å². The van der Waals surface area contributed by atoms with Gasteiger partial charge in [-0.15, -0.1) is 0 Å². The molecule has 0 saturated carbocycles. The summed E-state index contributed by atoms with van der Waals surface area (Å²) in [5, 5.41) is 9.19. The Morgan fingerprint density at radius 2 is 1.85 bits per heavy atom. The zero-order valence-electron chi connectivity index (χ0n) is 15.2. The van der Waals surface area contributed by atoms with Crippen molar-refractivity contribution in [2.45, 2.75) is 19.4 Å². The topological polar surface area (TPSA) is 96.4 Å². The van der Waals surface area contributed by atoms with E-state index in [1.54, 1.807) is 30.1 Å². The first-order valence-corrected chi connectivity index (χ1v) is 8.30. The molecule has 1 aliphatic heterocycles. The number of rotatable bonds is 7. The number of hydrogen-bond acceptors (Lipinski definition) is 5. The van der Waals surface area contributed by atoms with Crippen LogP contribution in [0, 0.1) is 5.92 Å². The first-order valence-electron chi connectivity index (χ1n) is 8.30. The summed E-state index contributed by atoms with van der Waals surface area (Å²) in [5.41, 5.74) is 0.690. The number of carboxylic acids is 1. The van der Waals surface area contributed by atoms with Gasteiger partial charge in [0.05, 0.1) is 14.2 Å². The number of carbonyl (C=O) groups excluding carboxylic acids is 2. The fraction of sp³-hybridized carbons (Fsp3) is 0.500. The average Bonchev–Trinajstić information content (AvgIpc) is 2.62. The average molecular weight is 364 g/mol. The van der Waals surface area contributed by atoms with E-state index < -0.39 is 18.4 Å². The Bertz CT molecular complexity index is 668. The van der Waals surface area contributed by atoms with Gasteiger partial charge in [-0.05, 0) is 24.1 Å². The van der Waals surface area contributed by atoms with Gasteiger partial charge in [-0.25, -0.2) is 0 Å². The predicted molar refractivity (Wildman–Crippen MR) is 93.0 cm³/mol. The van der Waals surface area contributed by atoms with Crippen LogP contribution >= 0.6 is 0 Å². The zero-order valence-corrected chi connectivity index (χ0v) is 15.2. The number of piperidine rings is 1. The molecule has 2 rings (SSSR count). The van der Waals surface area contributed by atoms with Gasteiger partial charge in [0.1, 0.15) is 18.0 Å². The fourth-order valence-electron chi connectivity index (χ4n) is 2.96. The molecule has 8 nitrogen and oxygen atoms in total. The SMILES string of the molecule is COc1cc(CN(CC(=O)O)C(=O)C2CCN(C)C(=O)C2)cc(OC)c1. The van der Waals surface area contributed by atoms with Gasteiger partial charge in [0, 0.05) is 38.5 Å². The maximum atomic E-state index is 12.8. The van der Waals surface area contributed by atoms with Gasteiger partial charge in [0.15, 0.2) is 0 Å². The van der Waals surface area contributed by atoms with Crippen molar-refractivity contribution in [2.75, 3.05) is 34.4 Å². The lowest BCUT2D eigenvalue weighted by molar-refractivity contribution is -0.149. The molecular formula is C18H24N2O6. The summed E-state index contributed by atoms with van der Waals surface area (Å²) >= 11 is 0. The summed E-state index contributed by atoms with van der Waals surface area (Å²) < 4.78 is 10.4. The van der Waals surface area contributed by atoms with E-state index in [4.69, 9.17) is 9.47 Å². The van der Waals surface area contributed by atoms with E-state index >= 15 is 0 Å². The summed E-state index contributed by atoms with van der Waals surface area (Å²) in [4.78, 5) is 38.8. The number of aliphatic carboxylic acids is 1. The summed E-state index contributed by atoms with van der Waals surface area (Å²) in [7, 11) is 4.73. The third-order valence-electron chi connectivity index (χ3n) is 4.43. The van der Waals surface area contributed by atoms with Crippen molar-refractivity contribution in [1.82, 2.24) is 9.80 Å². The van der Waals surface area contributed by atoms with Gasteiger partial charge in [0.2, 0.25) is 11.8 Å². The Kier molecular flexibility index (Phi) is 6.43. The molecule has 1 aromatic rings. The first kappa shape index (κ1) is 19.6. The summed E-state index contributed by atoms with van der Waals surface area (Å²) in [5.74, 6) is -0.922. The van der Waals surface area contributed by atoms with Crippen LogP contribution in [0.25, 0.3) is 0 Å². The Balaban J connectivity index is 2.20. The van der Waals surface area contributed by atoms with Crippen molar-refractivity contribution in [2.24, 2.45) is 5.92 Å². The largest absolute Gasteiger partial charge is 0.497 e. The highest BCUT2D eigenvalue weighted by molar-refractivity contribution is 5.88. The lowest BCUT2D eigenvalue weighted by Gasteiger charge is -2.31. The van der Waals surface area contributed by atoms with Crippen LogP contribution in [0.4, 0.5) is 0 Å². The number of hydrogen-bond donors (Lipinski definition) is 1. The van der Waals surface area contributed by atoms with E-state index in [2.05, 4.69) is 0 Å². The third-order valence-corrected chi connectivity index (χ3v) is 4.43. The van der Waals surface area contributed by atoms with Crippen molar-refractivity contribution in [3.63, 3.8) is 0 Å². The molecule has 1 N–H and O–H groups in total. The molecule has 1 atom stereocenters. The normalized spacial score (nSPS) is 17.0. The second-order valence-corrected chi connectivity index (χ2v) is 6.31. The number of benzene rings is 1. The molecule has 8 heteroatoms. The van der Waals surface area contributed by atoms with E-state index in [9.17, 15) is 19.5 Å². The van der Waals surface area contributed by atoms with Crippen LogP contribution in [-0.2, 0) is 20.9 Å². The minimum absolute atomic E-state index is 0.0965. The van der Waals surface area contributed by atoms with Crippen molar-refractivity contribution < 1.29 is 29.0 Å². The van der Waals surface area contributed by atoms with Crippen LogP contribution in [0.3, 0.4) is 0 Å². The van der Waals surface area contributed by atoms with Crippen LogP contribution < -0.4 is 9.47 Å². The van der Waals surface area contributed by atoms with Gasteiger partial charge < -0.3 is 24.4 Å². The molecule has 1 unspecified atom stereocenters. The molecule has 0 spiro atoms. The van der Waals surface area contributed by atoms with Crippen LogP contribution in [0.5, 0.6) is 11.5 Å². The van der Waals surface area contributed by atoms with Crippen LogP contribution in [-0.4, -0.2) is 67.0 Å². The number of amides is 2. The van der Waals surface area contributed by atoms with Gasteiger partial charge in [0.25, 0.3) is 0 Å². The molecule has 0 bridgehead atoms. The molecule has 1 heterocycles. The Morgan fingerprint density at radius 1 is 1.23 bits per heavy atom. The Hall–Kier alpha value is -2.77. The number of nitrogens with zero attached hydrogens (tertiary/aromatic N) is 2. The molecule has 2 amide bonds. The van der Waals surface area contributed by atoms with Crippen molar-refractivity contribution in [1.29, 1.82) is 0 Å². The second-order valence-electron chi connectivity index (χ2n) is 6.31. The van der Waals surface area contributed by atoms with Crippen LogP contribution in [0.2, 0.25) is 0 Å². The van der Waals surface area contributed by atoms with Crippen molar-refractivity contribution in [3.8, 4) is 11.5 Å². The standard InChI is InChI=1S/C18H24N2O6/c1-19-5-4-13(8-16(19)21)18(24)20(11-17(22)23)10-12-6-14(25-2)9-15(7-12)26-3/h6-7,9,13H,4-5,8,10-11H2,1-3H3,(H,22,23). The van der Waals surface area contributed by atoms with Gasteiger partial charge in [-0.3, -0.25) is 14.4 Å². The van der Waals surface area contributed by atoms with Gasteiger partial charge in [-0.2, -0.15) is 0 Å². The third kappa shape index (κ3) is 4.87. The Labute approximate surface area is 152 Å². The monoisotopic (exact) mass is 364 g/mol. The van der Waals surface area contributed by atoms with E-state index in [1.807, 2.05) is 0 Å². The number of likely N-dealkylation sites (tertiary alicyclic amines) is 1. The molecule has 0 aliphatic carbocycles. The van der Waals surface area contributed by atoms with Crippen LogP contribution in [0.15, 0.2) is 18.2 Å². The number of ether oxygens (including phenoxy) is 2. The van der Waals surface area contributed by atoms with Crippen molar-refractivity contribution in [3.05, 3.63) is 23.8 Å². The molecule has 26 heavy (non-hydrogen) atoms. The summed E-state index contributed by atoms with van der Waals surface area (Å²) in [6.45, 7) is 0.154. The Morgan fingerprint density at radius 3 is 2.35 bits per heavy atom. The molecule has 1 aromatic carbocycles. The quantitative estimate of drug-likeness (QED) is 0.775. The molecule has 1 saturated heterocycles. The van der Waals surface area contributed by atoms with Gasteiger partial charge >= 0.3 is 5.97 Å². The molecule has 1 aliphatic rings. The van der Waals surface area contributed by atoms with E-state index in [-0.39, 0.29) is 24.8 Å². The molecule has 0 aromatic heterocycles. The number of methoxy groups -OCH3 is 2. The minimum atomic E-state index is -1.10. The highest BCUT2D eigenvalue weighted by atomic mass is 16.5. The van der Waals surface area contributed by atoms with E-state index in [1.165, 1.54) is 19.1 Å². The number of carboxylic acid groups (broad SMARTS) is 1. The highest BCUT2D eigenvalue weighted by Crippen LogP contribution is 2.25. The molecule has 142 valence electrons.